The molecule has 0 saturated carbocycles. The summed E-state index contributed by atoms with van der Waals surface area (Å²) in [5, 5.41) is 51.2. The van der Waals surface area contributed by atoms with Crippen LogP contribution in [0.25, 0.3) is 0 Å². The predicted octanol–water partition coefficient (Wildman–Crippen LogP) is 5.04. The van der Waals surface area contributed by atoms with E-state index in [-0.39, 0.29) is 65.5 Å². The molecule has 0 aliphatic heterocycles. The van der Waals surface area contributed by atoms with Crippen molar-refractivity contribution in [3.05, 3.63) is 0 Å². The van der Waals surface area contributed by atoms with Crippen molar-refractivity contribution in [3.63, 3.8) is 0 Å². The maximum atomic E-state index is 12.6. The van der Waals surface area contributed by atoms with Crippen molar-refractivity contribution in [1.82, 2.24) is 0 Å². The van der Waals surface area contributed by atoms with E-state index in [1.54, 1.807) is 0 Å². The molecule has 1 atom stereocenters. The second-order valence-corrected chi connectivity index (χ2v) is 15.1. The first-order valence-corrected chi connectivity index (χ1v) is 20.3. The highest BCUT2D eigenvalue weighted by Gasteiger charge is 2.38. The SMILES string of the molecule is CCCCCCCCCC(=O)OCC(CO)(COCC(CO)(CO)COCC(CO)(CO)COC(=O)CCCCCCC)COC(=O)CCCCCC. The Hall–Kier alpha value is -1.87. The molecular weight excluding hydrogens is 688 g/mol. The molecule has 13 nitrogen and oxygen atoms in total. The summed E-state index contributed by atoms with van der Waals surface area (Å²) in [5.41, 5.74) is -3.94. The van der Waals surface area contributed by atoms with Gasteiger partial charge in [-0.25, -0.2) is 0 Å². The molecule has 0 aromatic heterocycles. The molecule has 0 heterocycles. The Morgan fingerprint density at radius 3 is 0.925 bits per heavy atom. The Morgan fingerprint density at radius 2 is 0.604 bits per heavy atom. The van der Waals surface area contributed by atoms with E-state index in [0.29, 0.717) is 19.3 Å². The van der Waals surface area contributed by atoms with E-state index in [1.807, 2.05) is 0 Å². The van der Waals surface area contributed by atoms with Crippen LogP contribution in [-0.2, 0) is 38.1 Å². The molecule has 314 valence electrons. The van der Waals surface area contributed by atoms with E-state index in [1.165, 1.54) is 19.3 Å². The molecule has 5 N–H and O–H groups in total. The Morgan fingerprint density at radius 1 is 0.358 bits per heavy atom. The van der Waals surface area contributed by atoms with E-state index >= 15 is 0 Å². The van der Waals surface area contributed by atoms with Crippen molar-refractivity contribution in [1.29, 1.82) is 0 Å². The van der Waals surface area contributed by atoms with Crippen molar-refractivity contribution in [2.75, 3.05) is 79.3 Å². The lowest BCUT2D eigenvalue weighted by atomic mass is 9.90. The summed E-state index contributed by atoms with van der Waals surface area (Å²) < 4.78 is 28.1. The number of carbonyl (C=O) groups is 3. The van der Waals surface area contributed by atoms with E-state index in [9.17, 15) is 39.9 Å². The lowest BCUT2D eigenvalue weighted by Crippen LogP contribution is -2.46. The molecule has 53 heavy (non-hydrogen) atoms. The van der Waals surface area contributed by atoms with Gasteiger partial charge in [0, 0.05) is 19.3 Å². The molecule has 0 saturated heterocycles. The molecule has 0 aliphatic carbocycles. The fourth-order valence-electron chi connectivity index (χ4n) is 5.49. The minimum Gasteiger partial charge on any atom is -0.465 e. The highest BCUT2D eigenvalue weighted by Crippen LogP contribution is 2.25. The monoisotopic (exact) mass is 765 g/mol. The number of unbranched alkanes of at least 4 members (excludes halogenated alkanes) is 13. The van der Waals surface area contributed by atoms with Crippen LogP contribution in [0.2, 0.25) is 0 Å². The third-order valence-corrected chi connectivity index (χ3v) is 9.63. The summed E-state index contributed by atoms with van der Waals surface area (Å²) in [6.07, 6.45) is 16.4. The lowest BCUT2D eigenvalue weighted by Gasteiger charge is -2.35. The molecule has 0 aliphatic rings. The van der Waals surface area contributed by atoms with Gasteiger partial charge in [-0.3, -0.25) is 14.4 Å². The van der Waals surface area contributed by atoms with E-state index in [2.05, 4.69) is 20.8 Å². The van der Waals surface area contributed by atoms with E-state index in [4.69, 9.17) is 23.7 Å². The van der Waals surface area contributed by atoms with Gasteiger partial charge in [-0.05, 0) is 19.3 Å². The Balaban J connectivity index is 5.35. The van der Waals surface area contributed by atoms with Crippen LogP contribution >= 0.6 is 0 Å². The van der Waals surface area contributed by atoms with Gasteiger partial charge in [0.1, 0.15) is 19.8 Å². The molecule has 0 aromatic rings. The summed E-state index contributed by atoms with van der Waals surface area (Å²) in [6.45, 7) is 1.83. The second-order valence-electron chi connectivity index (χ2n) is 15.1. The quantitative estimate of drug-likeness (QED) is 0.0319. The van der Waals surface area contributed by atoms with Gasteiger partial charge in [0.15, 0.2) is 0 Å². The van der Waals surface area contributed by atoms with Crippen molar-refractivity contribution in [2.24, 2.45) is 16.2 Å². The molecule has 13 heteroatoms. The molecule has 0 radical (unpaired) electrons. The lowest BCUT2D eigenvalue weighted by molar-refractivity contribution is -0.165. The van der Waals surface area contributed by atoms with E-state index < -0.39 is 67.2 Å². The first-order valence-electron chi connectivity index (χ1n) is 20.3. The van der Waals surface area contributed by atoms with Crippen molar-refractivity contribution < 1.29 is 63.6 Å². The van der Waals surface area contributed by atoms with Gasteiger partial charge in [0.2, 0.25) is 0 Å². The van der Waals surface area contributed by atoms with Gasteiger partial charge in [0.25, 0.3) is 0 Å². The minimum absolute atomic E-state index is 0.220. The van der Waals surface area contributed by atoms with Crippen LogP contribution in [0.4, 0.5) is 0 Å². The van der Waals surface area contributed by atoms with Crippen LogP contribution in [0.3, 0.4) is 0 Å². The number of aliphatic hydroxyl groups excluding tert-OH is 5. The Kier molecular flexibility index (Phi) is 31.2. The molecular formula is C40H76O13. The Labute approximate surface area is 319 Å². The third-order valence-electron chi connectivity index (χ3n) is 9.63. The predicted molar refractivity (Wildman–Crippen MR) is 202 cm³/mol. The minimum atomic E-state index is -1.34. The molecule has 0 rings (SSSR count). The standard InChI is InChI=1S/C40H76O13/c1-4-7-10-13-14-16-19-22-37(48)53-34-40(27-45,33-52-36(47)20-17-12-9-6-3)31-50-29-38(23-41,24-42)28-49-30-39(25-43,26-44)32-51-35(46)21-18-15-11-8-5-2/h41-45H,4-34H2,1-3H3. The zero-order valence-corrected chi connectivity index (χ0v) is 33.4. The maximum Gasteiger partial charge on any atom is 0.305 e. The number of aliphatic hydroxyl groups is 5. The molecule has 0 amide bonds. The van der Waals surface area contributed by atoms with Crippen LogP contribution in [0.15, 0.2) is 0 Å². The molecule has 0 fully saturated rings. The third kappa shape index (κ3) is 24.3. The number of carbonyl (C=O) groups excluding carboxylic acids is 3. The number of hydrogen-bond donors (Lipinski definition) is 5. The van der Waals surface area contributed by atoms with Crippen LogP contribution in [0, 0.1) is 16.2 Å². The number of rotatable bonds is 38. The molecule has 0 bridgehead atoms. The molecule has 0 aromatic carbocycles. The van der Waals surface area contributed by atoms with Crippen LogP contribution in [0.1, 0.15) is 143 Å². The first-order chi connectivity index (χ1) is 25.6. The normalized spacial score (nSPS) is 13.1. The van der Waals surface area contributed by atoms with Crippen LogP contribution in [0.5, 0.6) is 0 Å². The second kappa shape index (κ2) is 32.4. The summed E-state index contributed by atoms with van der Waals surface area (Å²) in [6, 6.07) is 0. The van der Waals surface area contributed by atoms with Gasteiger partial charge < -0.3 is 49.2 Å². The smallest absolute Gasteiger partial charge is 0.305 e. The first kappa shape index (κ1) is 51.1. The van der Waals surface area contributed by atoms with E-state index in [0.717, 1.165) is 64.2 Å². The number of esters is 3. The van der Waals surface area contributed by atoms with Gasteiger partial charge in [-0.15, -0.1) is 0 Å². The number of hydrogen-bond acceptors (Lipinski definition) is 13. The zero-order valence-electron chi connectivity index (χ0n) is 33.4. The summed E-state index contributed by atoms with van der Waals surface area (Å²) in [7, 11) is 0. The van der Waals surface area contributed by atoms with Gasteiger partial charge >= 0.3 is 17.9 Å². The number of ether oxygens (including phenoxy) is 5. The van der Waals surface area contributed by atoms with Gasteiger partial charge in [-0.1, -0.05) is 104 Å². The van der Waals surface area contributed by atoms with Crippen molar-refractivity contribution in [2.45, 2.75) is 143 Å². The van der Waals surface area contributed by atoms with Crippen molar-refractivity contribution >= 4 is 17.9 Å². The zero-order chi connectivity index (χ0) is 39.7. The highest BCUT2D eigenvalue weighted by molar-refractivity contribution is 5.70. The fraction of sp³-hybridized carbons (Fsp3) is 0.925. The fourth-order valence-corrected chi connectivity index (χ4v) is 5.49. The van der Waals surface area contributed by atoms with Crippen LogP contribution < -0.4 is 0 Å². The highest BCUT2D eigenvalue weighted by atomic mass is 16.6. The summed E-state index contributed by atoms with van der Waals surface area (Å²) in [5.74, 6) is -1.29. The molecule has 0 spiro atoms. The van der Waals surface area contributed by atoms with Crippen LogP contribution in [-0.4, -0.2) is 123 Å². The topological polar surface area (TPSA) is 199 Å². The van der Waals surface area contributed by atoms with Gasteiger partial charge in [-0.2, -0.15) is 0 Å². The molecule has 1 unspecified atom stereocenters. The average Bonchev–Trinajstić information content (AvgIpc) is 3.17. The summed E-state index contributed by atoms with van der Waals surface area (Å²) >= 11 is 0. The van der Waals surface area contributed by atoms with Crippen molar-refractivity contribution in [3.8, 4) is 0 Å². The van der Waals surface area contributed by atoms with Gasteiger partial charge in [0.05, 0.1) is 75.7 Å². The summed E-state index contributed by atoms with van der Waals surface area (Å²) in [4.78, 5) is 37.4. The Bertz CT molecular complexity index is 907. The maximum absolute atomic E-state index is 12.6. The average molecular weight is 765 g/mol. The largest absolute Gasteiger partial charge is 0.465 e.